The third kappa shape index (κ3) is 4.64. The van der Waals surface area contributed by atoms with Gasteiger partial charge >= 0.3 is 0 Å². The summed E-state index contributed by atoms with van der Waals surface area (Å²) >= 11 is 0. The minimum Gasteiger partial charge on any atom is -0.339 e. The lowest BCUT2D eigenvalue weighted by atomic mass is 9.94. The Hall–Kier alpha value is -3.19. The third-order valence-corrected chi connectivity index (χ3v) is 6.94. The zero-order valence-corrected chi connectivity index (χ0v) is 19.5. The number of piperidine rings is 1. The lowest BCUT2D eigenvalue weighted by molar-refractivity contribution is 0.0659. The monoisotopic (exact) mass is 444 g/mol. The van der Waals surface area contributed by atoms with Crippen LogP contribution < -0.4 is 5.32 Å². The summed E-state index contributed by atoms with van der Waals surface area (Å²) < 4.78 is 1.83. The van der Waals surface area contributed by atoms with E-state index in [0.717, 1.165) is 55.7 Å². The number of fused-ring (bicyclic) bond motifs is 1. The van der Waals surface area contributed by atoms with Crippen LogP contribution in [0.1, 0.15) is 54.4 Å². The van der Waals surface area contributed by atoms with E-state index in [2.05, 4.69) is 34.5 Å². The molecular formula is C26H32N6O. The van der Waals surface area contributed by atoms with Crippen molar-refractivity contribution in [3.63, 3.8) is 0 Å². The number of likely N-dealkylation sites (tertiary alicyclic amines) is 1. The number of nitrogens with zero attached hydrogens (tertiary/aromatic N) is 5. The Morgan fingerprint density at radius 2 is 1.91 bits per heavy atom. The van der Waals surface area contributed by atoms with E-state index in [0.29, 0.717) is 17.6 Å². The molecule has 3 aromatic rings. The summed E-state index contributed by atoms with van der Waals surface area (Å²) in [5.41, 5.74) is 4.97. The number of pyridine rings is 1. The molecule has 1 amide bonds. The van der Waals surface area contributed by atoms with Gasteiger partial charge < -0.3 is 15.1 Å². The second kappa shape index (κ2) is 9.35. The minimum atomic E-state index is 0.0763. The van der Waals surface area contributed by atoms with E-state index >= 15 is 0 Å². The summed E-state index contributed by atoms with van der Waals surface area (Å²) in [6.07, 6.45) is 11.0. The Morgan fingerprint density at radius 1 is 1.12 bits per heavy atom. The van der Waals surface area contributed by atoms with Crippen molar-refractivity contribution >= 4 is 28.8 Å². The number of rotatable bonds is 5. The van der Waals surface area contributed by atoms with E-state index in [-0.39, 0.29) is 5.91 Å². The zero-order chi connectivity index (χ0) is 22.8. The molecule has 5 rings (SSSR count). The van der Waals surface area contributed by atoms with Crippen LogP contribution in [0.3, 0.4) is 0 Å². The molecule has 2 aromatic heterocycles. The fourth-order valence-electron chi connectivity index (χ4n) is 4.87. The molecule has 7 heteroatoms. The molecule has 7 nitrogen and oxygen atoms in total. The van der Waals surface area contributed by atoms with Crippen LogP contribution in [0, 0.1) is 0 Å². The summed E-state index contributed by atoms with van der Waals surface area (Å²) in [6, 6.07) is 12.1. The number of carbonyl (C=O) groups excluding carboxylic acids is 1. The van der Waals surface area contributed by atoms with E-state index in [1.54, 1.807) is 0 Å². The molecule has 172 valence electrons. The number of nitrogens with one attached hydrogen (secondary N) is 1. The summed E-state index contributed by atoms with van der Waals surface area (Å²) in [5, 5.41) is 7.90. The molecule has 1 fully saturated rings. The van der Waals surface area contributed by atoms with Crippen LogP contribution in [-0.2, 0) is 0 Å². The van der Waals surface area contributed by atoms with Crippen molar-refractivity contribution in [3.05, 3.63) is 59.8 Å². The number of aromatic nitrogens is 3. The Bertz CT molecular complexity index is 1160. The quantitative estimate of drug-likeness (QED) is 0.623. The standard InChI is InChI=1S/C26H32N6O/c1-30-17-14-22(15-18-30)31(2)25(33)20-10-12-21(13-11-20)27-26-28-24-23(9-6-16-32(24)29-26)19-7-4-3-5-8-19/h6-7,9-13,16,22H,3-5,8,14-15,17-18H2,1-2H3,(H,27,29). The number of anilines is 2. The topological polar surface area (TPSA) is 65.8 Å². The second-order valence-electron chi connectivity index (χ2n) is 9.25. The van der Waals surface area contributed by atoms with E-state index in [1.165, 1.54) is 18.4 Å². The fraction of sp³-hybridized carbons (Fsp3) is 0.423. The maximum Gasteiger partial charge on any atom is 0.253 e. The van der Waals surface area contributed by atoms with Crippen molar-refractivity contribution in [3.8, 4) is 0 Å². The number of amides is 1. The van der Waals surface area contributed by atoms with Crippen LogP contribution in [0.5, 0.6) is 0 Å². The molecule has 0 saturated carbocycles. The number of hydrogen-bond donors (Lipinski definition) is 1. The maximum atomic E-state index is 13.0. The highest BCUT2D eigenvalue weighted by Gasteiger charge is 2.24. The largest absolute Gasteiger partial charge is 0.339 e. The lowest BCUT2D eigenvalue weighted by Gasteiger charge is -2.35. The van der Waals surface area contributed by atoms with Crippen LogP contribution in [0.15, 0.2) is 48.7 Å². The average Bonchev–Trinajstić information content (AvgIpc) is 3.27. The third-order valence-electron chi connectivity index (χ3n) is 6.94. The van der Waals surface area contributed by atoms with Crippen molar-refractivity contribution in [2.75, 3.05) is 32.5 Å². The second-order valence-corrected chi connectivity index (χ2v) is 9.25. The Labute approximate surface area is 195 Å². The van der Waals surface area contributed by atoms with E-state index in [9.17, 15) is 4.79 Å². The van der Waals surface area contributed by atoms with Crippen LogP contribution in [0.2, 0.25) is 0 Å². The number of hydrogen-bond acceptors (Lipinski definition) is 5. The van der Waals surface area contributed by atoms with Gasteiger partial charge in [0.05, 0.1) is 0 Å². The molecule has 1 aromatic carbocycles. The molecule has 1 aliphatic heterocycles. The van der Waals surface area contributed by atoms with Gasteiger partial charge in [0.25, 0.3) is 5.91 Å². The molecule has 0 spiro atoms. The first-order valence-electron chi connectivity index (χ1n) is 12.0. The molecule has 1 N–H and O–H groups in total. The number of allylic oxidation sites excluding steroid dienone is 2. The van der Waals surface area contributed by atoms with E-state index in [4.69, 9.17) is 4.98 Å². The van der Waals surface area contributed by atoms with E-state index < -0.39 is 0 Å². The SMILES string of the molecule is CN1CCC(N(C)C(=O)c2ccc(Nc3nc4c(C5=CCCCC5)cccn4n3)cc2)CC1. The maximum absolute atomic E-state index is 13.0. The molecule has 2 aliphatic rings. The van der Waals surface area contributed by atoms with Gasteiger partial charge in [-0.05, 0) is 101 Å². The van der Waals surface area contributed by atoms with Crippen molar-refractivity contribution < 1.29 is 4.79 Å². The first kappa shape index (κ1) is 21.6. The normalized spacial score (nSPS) is 17.7. The predicted octanol–water partition coefficient (Wildman–Crippen LogP) is 4.60. The Morgan fingerprint density at radius 3 is 2.64 bits per heavy atom. The highest BCUT2D eigenvalue weighted by atomic mass is 16.2. The van der Waals surface area contributed by atoms with Gasteiger partial charge in [0, 0.05) is 36.1 Å². The highest BCUT2D eigenvalue weighted by Crippen LogP contribution is 2.29. The highest BCUT2D eigenvalue weighted by molar-refractivity contribution is 5.94. The van der Waals surface area contributed by atoms with Crippen molar-refractivity contribution in [2.45, 2.75) is 44.6 Å². The Kier molecular flexibility index (Phi) is 6.13. The van der Waals surface area contributed by atoms with Gasteiger partial charge in [0.15, 0.2) is 5.65 Å². The van der Waals surface area contributed by atoms with E-state index in [1.807, 2.05) is 53.0 Å². The first-order valence-corrected chi connectivity index (χ1v) is 12.0. The molecule has 0 atom stereocenters. The molecule has 0 bridgehead atoms. The van der Waals surface area contributed by atoms with Crippen LogP contribution in [0.25, 0.3) is 11.2 Å². The molecule has 0 radical (unpaired) electrons. The van der Waals surface area contributed by atoms with Crippen LogP contribution in [-0.4, -0.2) is 63.5 Å². The number of benzene rings is 1. The minimum absolute atomic E-state index is 0.0763. The van der Waals surface area contributed by atoms with Crippen LogP contribution >= 0.6 is 0 Å². The van der Waals surface area contributed by atoms with Gasteiger partial charge in [0.1, 0.15) is 0 Å². The molecule has 3 heterocycles. The molecule has 33 heavy (non-hydrogen) atoms. The summed E-state index contributed by atoms with van der Waals surface area (Å²) in [7, 11) is 4.06. The molecule has 1 aliphatic carbocycles. The fourth-order valence-corrected chi connectivity index (χ4v) is 4.87. The summed E-state index contributed by atoms with van der Waals surface area (Å²) in [5.74, 6) is 0.633. The molecular weight excluding hydrogens is 412 g/mol. The molecule has 1 saturated heterocycles. The van der Waals surface area contributed by atoms with Gasteiger partial charge in [-0.15, -0.1) is 5.10 Å². The van der Waals surface area contributed by atoms with Crippen molar-refractivity contribution in [1.29, 1.82) is 0 Å². The van der Waals surface area contributed by atoms with Gasteiger partial charge in [0.2, 0.25) is 5.95 Å². The number of carbonyl (C=O) groups is 1. The van der Waals surface area contributed by atoms with Crippen LogP contribution in [0.4, 0.5) is 11.6 Å². The predicted molar refractivity (Wildman–Crippen MR) is 132 cm³/mol. The van der Waals surface area contributed by atoms with Gasteiger partial charge in [-0.2, -0.15) is 4.98 Å². The van der Waals surface area contributed by atoms with Gasteiger partial charge in [-0.1, -0.05) is 6.08 Å². The smallest absolute Gasteiger partial charge is 0.253 e. The van der Waals surface area contributed by atoms with Gasteiger partial charge in [-0.25, -0.2) is 4.52 Å². The Balaban J connectivity index is 1.29. The van der Waals surface area contributed by atoms with Crippen molar-refractivity contribution in [1.82, 2.24) is 24.4 Å². The average molecular weight is 445 g/mol. The zero-order valence-electron chi connectivity index (χ0n) is 19.5. The lowest BCUT2D eigenvalue weighted by Crippen LogP contribution is -2.44. The van der Waals surface area contributed by atoms with Gasteiger partial charge in [-0.3, -0.25) is 4.79 Å². The molecule has 0 unspecified atom stereocenters. The summed E-state index contributed by atoms with van der Waals surface area (Å²) in [4.78, 5) is 21.9. The summed E-state index contributed by atoms with van der Waals surface area (Å²) in [6.45, 7) is 2.08. The first-order chi connectivity index (χ1) is 16.1. The van der Waals surface area contributed by atoms with Crippen molar-refractivity contribution in [2.24, 2.45) is 0 Å².